The van der Waals surface area contributed by atoms with Gasteiger partial charge in [0, 0.05) is 30.4 Å². The SMILES string of the molecule is Cc1ccc(NC(=O)[C@H]2CC[C@H](N3CCOCC3=O)CC2)c(C(=O)Nc2ccc(Cl)cn2)n1. The Morgan fingerprint density at radius 3 is 2.61 bits per heavy atom. The number of nitrogens with zero attached hydrogens (tertiary/aromatic N) is 3. The minimum atomic E-state index is -0.474. The lowest BCUT2D eigenvalue weighted by Gasteiger charge is -2.38. The number of aromatic nitrogens is 2. The number of amides is 3. The van der Waals surface area contributed by atoms with Gasteiger partial charge in [-0.25, -0.2) is 9.97 Å². The molecule has 174 valence electrons. The molecule has 2 N–H and O–H groups in total. The molecule has 2 fully saturated rings. The van der Waals surface area contributed by atoms with E-state index >= 15 is 0 Å². The molecule has 3 heterocycles. The average molecular weight is 472 g/mol. The lowest BCUT2D eigenvalue weighted by Crippen LogP contribution is -2.49. The highest BCUT2D eigenvalue weighted by Gasteiger charge is 2.33. The highest BCUT2D eigenvalue weighted by Crippen LogP contribution is 2.30. The van der Waals surface area contributed by atoms with Gasteiger partial charge in [0.05, 0.1) is 17.3 Å². The van der Waals surface area contributed by atoms with Gasteiger partial charge in [-0.15, -0.1) is 0 Å². The quantitative estimate of drug-likeness (QED) is 0.692. The van der Waals surface area contributed by atoms with Crippen LogP contribution in [0.5, 0.6) is 0 Å². The van der Waals surface area contributed by atoms with Gasteiger partial charge in [0.25, 0.3) is 5.91 Å². The van der Waals surface area contributed by atoms with E-state index < -0.39 is 5.91 Å². The molecule has 33 heavy (non-hydrogen) atoms. The van der Waals surface area contributed by atoms with Crippen molar-refractivity contribution in [1.82, 2.24) is 14.9 Å². The van der Waals surface area contributed by atoms with Gasteiger partial charge in [-0.2, -0.15) is 0 Å². The molecule has 9 nitrogen and oxygen atoms in total. The third-order valence-electron chi connectivity index (χ3n) is 6.01. The third kappa shape index (κ3) is 5.66. The largest absolute Gasteiger partial charge is 0.370 e. The number of pyridine rings is 2. The third-order valence-corrected chi connectivity index (χ3v) is 6.23. The predicted molar refractivity (Wildman–Crippen MR) is 123 cm³/mol. The predicted octanol–water partition coefficient (Wildman–Crippen LogP) is 3.05. The first-order chi connectivity index (χ1) is 15.9. The molecule has 0 bridgehead atoms. The Bertz CT molecular complexity index is 1040. The normalized spacial score (nSPS) is 20.9. The number of hydrogen-bond acceptors (Lipinski definition) is 6. The molecule has 1 aliphatic carbocycles. The van der Waals surface area contributed by atoms with Crippen molar-refractivity contribution in [3.05, 3.63) is 46.9 Å². The van der Waals surface area contributed by atoms with Crippen molar-refractivity contribution in [2.45, 2.75) is 38.6 Å². The number of halogens is 1. The van der Waals surface area contributed by atoms with E-state index in [4.69, 9.17) is 16.3 Å². The van der Waals surface area contributed by atoms with Crippen LogP contribution < -0.4 is 10.6 Å². The van der Waals surface area contributed by atoms with E-state index in [0.29, 0.717) is 48.2 Å². The van der Waals surface area contributed by atoms with Crippen molar-refractivity contribution < 1.29 is 19.1 Å². The second-order valence-electron chi connectivity index (χ2n) is 8.30. The van der Waals surface area contributed by atoms with E-state index in [1.165, 1.54) is 6.20 Å². The van der Waals surface area contributed by atoms with E-state index in [0.717, 1.165) is 12.8 Å². The van der Waals surface area contributed by atoms with Crippen LogP contribution in [0.4, 0.5) is 11.5 Å². The van der Waals surface area contributed by atoms with Crippen molar-refractivity contribution >= 4 is 40.8 Å². The van der Waals surface area contributed by atoms with E-state index in [2.05, 4.69) is 20.6 Å². The summed E-state index contributed by atoms with van der Waals surface area (Å²) in [6, 6.07) is 6.79. The zero-order chi connectivity index (χ0) is 23.4. The van der Waals surface area contributed by atoms with E-state index in [1.807, 2.05) is 4.90 Å². The second-order valence-corrected chi connectivity index (χ2v) is 8.74. The van der Waals surface area contributed by atoms with Gasteiger partial charge in [0.2, 0.25) is 11.8 Å². The summed E-state index contributed by atoms with van der Waals surface area (Å²) in [6.07, 6.45) is 4.33. The highest BCUT2D eigenvalue weighted by atomic mass is 35.5. The number of carbonyl (C=O) groups is 3. The first kappa shape index (κ1) is 23.1. The smallest absolute Gasteiger partial charge is 0.277 e. The summed E-state index contributed by atoms with van der Waals surface area (Å²) in [5, 5.41) is 6.02. The van der Waals surface area contributed by atoms with Crippen LogP contribution >= 0.6 is 11.6 Å². The van der Waals surface area contributed by atoms with E-state index in [1.54, 1.807) is 31.2 Å². The van der Waals surface area contributed by atoms with Crippen molar-refractivity contribution in [3.8, 4) is 0 Å². The maximum atomic E-state index is 13.0. The van der Waals surface area contributed by atoms with Gasteiger partial charge in [0.15, 0.2) is 5.69 Å². The molecule has 4 rings (SSSR count). The Labute approximate surface area is 196 Å². The topological polar surface area (TPSA) is 114 Å². The molecule has 0 radical (unpaired) electrons. The summed E-state index contributed by atoms with van der Waals surface area (Å²) < 4.78 is 5.21. The molecule has 1 aliphatic heterocycles. The number of aryl methyl sites for hydroxylation is 1. The number of morpholine rings is 1. The monoisotopic (exact) mass is 471 g/mol. The van der Waals surface area contributed by atoms with Crippen LogP contribution in [0.1, 0.15) is 41.9 Å². The summed E-state index contributed by atoms with van der Waals surface area (Å²) >= 11 is 5.84. The van der Waals surface area contributed by atoms with Gasteiger partial charge >= 0.3 is 0 Å². The fourth-order valence-electron chi connectivity index (χ4n) is 4.26. The summed E-state index contributed by atoms with van der Waals surface area (Å²) in [5.74, 6) is -0.455. The Hall–Kier alpha value is -3.04. The van der Waals surface area contributed by atoms with Crippen LogP contribution in [-0.2, 0) is 14.3 Å². The van der Waals surface area contributed by atoms with Gasteiger partial charge in [-0.3, -0.25) is 14.4 Å². The second kappa shape index (κ2) is 10.3. The Balaban J connectivity index is 1.39. The molecule has 0 unspecified atom stereocenters. The number of carbonyl (C=O) groups excluding carboxylic acids is 3. The highest BCUT2D eigenvalue weighted by molar-refractivity contribution is 6.30. The molecular formula is C23H26ClN5O4. The minimum absolute atomic E-state index is 0.0192. The molecule has 0 aromatic carbocycles. The van der Waals surface area contributed by atoms with Crippen molar-refractivity contribution in [2.75, 3.05) is 30.4 Å². The molecule has 0 spiro atoms. The van der Waals surface area contributed by atoms with Gasteiger partial charge < -0.3 is 20.3 Å². The lowest BCUT2D eigenvalue weighted by molar-refractivity contribution is -0.146. The molecule has 0 atom stereocenters. The molecule has 2 aromatic heterocycles. The molecule has 2 aliphatic rings. The maximum absolute atomic E-state index is 13.0. The number of hydrogen-bond donors (Lipinski definition) is 2. The van der Waals surface area contributed by atoms with Crippen LogP contribution in [-0.4, -0.2) is 58.4 Å². The molecular weight excluding hydrogens is 446 g/mol. The van der Waals surface area contributed by atoms with Crippen molar-refractivity contribution in [3.63, 3.8) is 0 Å². The first-order valence-electron chi connectivity index (χ1n) is 11.0. The molecule has 1 saturated carbocycles. The van der Waals surface area contributed by atoms with Crippen LogP contribution in [0.3, 0.4) is 0 Å². The van der Waals surface area contributed by atoms with Crippen molar-refractivity contribution in [1.29, 1.82) is 0 Å². The number of nitrogens with one attached hydrogen (secondary N) is 2. The van der Waals surface area contributed by atoms with Gasteiger partial charge in [-0.1, -0.05) is 11.6 Å². The van der Waals surface area contributed by atoms with Crippen LogP contribution in [0.2, 0.25) is 5.02 Å². The average Bonchev–Trinajstić information content (AvgIpc) is 2.82. The standard InChI is InChI=1S/C23H26ClN5O4/c1-14-2-8-18(21(26-14)23(32)28-19-9-5-16(24)12-25-19)27-22(31)15-3-6-17(7-4-15)29-10-11-33-13-20(29)30/h2,5,8-9,12,15,17H,3-4,6-7,10-11,13H2,1H3,(H,27,31)(H,25,28,32)/t15-,17-. The van der Waals surface area contributed by atoms with Gasteiger partial charge in [0.1, 0.15) is 12.4 Å². The number of rotatable bonds is 5. The molecule has 1 saturated heterocycles. The Morgan fingerprint density at radius 2 is 1.91 bits per heavy atom. The summed E-state index contributed by atoms with van der Waals surface area (Å²) in [7, 11) is 0. The van der Waals surface area contributed by atoms with E-state index in [-0.39, 0.29) is 36.1 Å². The zero-order valence-corrected chi connectivity index (χ0v) is 19.1. The summed E-state index contributed by atoms with van der Waals surface area (Å²) in [4.78, 5) is 48.2. The summed E-state index contributed by atoms with van der Waals surface area (Å²) in [5.41, 5.74) is 1.12. The van der Waals surface area contributed by atoms with Crippen LogP contribution in [0, 0.1) is 12.8 Å². The summed E-state index contributed by atoms with van der Waals surface area (Å²) in [6.45, 7) is 3.08. The zero-order valence-electron chi connectivity index (χ0n) is 18.3. The number of anilines is 2. The van der Waals surface area contributed by atoms with Gasteiger partial charge in [-0.05, 0) is 56.9 Å². The van der Waals surface area contributed by atoms with Crippen molar-refractivity contribution in [2.24, 2.45) is 5.92 Å². The Kier molecular flexibility index (Phi) is 7.20. The molecule has 2 aromatic rings. The lowest BCUT2D eigenvalue weighted by atomic mass is 9.84. The number of ether oxygens (including phenoxy) is 1. The van der Waals surface area contributed by atoms with Crippen LogP contribution in [0.25, 0.3) is 0 Å². The van der Waals surface area contributed by atoms with E-state index in [9.17, 15) is 14.4 Å². The minimum Gasteiger partial charge on any atom is -0.370 e. The fourth-order valence-corrected chi connectivity index (χ4v) is 4.37. The molecule has 10 heteroatoms. The Morgan fingerprint density at radius 1 is 1.12 bits per heavy atom. The fraction of sp³-hybridized carbons (Fsp3) is 0.435. The van der Waals surface area contributed by atoms with Crippen LogP contribution in [0.15, 0.2) is 30.5 Å². The maximum Gasteiger partial charge on any atom is 0.277 e. The first-order valence-corrected chi connectivity index (χ1v) is 11.4. The molecule has 3 amide bonds.